The summed E-state index contributed by atoms with van der Waals surface area (Å²) in [6.45, 7) is 11.3. The molecule has 26 heavy (non-hydrogen) atoms. The monoisotopic (exact) mass is 378 g/mol. The molecule has 156 valence electrons. The van der Waals surface area contributed by atoms with E-state index in [-0.39, 0.29) is 6.54 Å². The predicted octanol–water partition coefficient (Wildman–Crippen LogP) is 5.97. The van der Waals surface area contributed by atoms with Crippen molar-refractivity contribution in [1.29, 1.82) is 0 Å². The molecule has 2 nitrogen and oxygen atoms in total. The van der Waals surface area contributed by atoms with Crippen molar-refractivity contribution in [3.63, 3.8) is 0 Å². The van der Waals surface area contributed by atoms with Crippen LogP contribution in [0, 0.1) is 11.8 Å². The van der Waals surface area contributed by atoms with Crippen LogP contribution in [0.3, 0.4) is 0 Å². The number of nitrogens with zero attached hydrogens (tertiary/aromatic N) is 2. The first-order valence-corrected chi connectivity index (χ1v) is 10.8. The number of likely N-dealkylation sites (N-methyl/N-ethyl adjacent to an activating group) is 1. The molecule has 0 amide bonds. The number of hydrogen-bond donors (Lipinski definition) is 0. The largest absolute Gasteiger partial charge is 0.405 e. The lowest BCUT2D eigenvalue weighted by molar-refractivity contribution is -0.197. The molecule has 1 heterocycles. The lowest BCUT2D eigenvalue weighted by Gasteiger charge is -2.41. The fourth-order valence-electron chi connectivity index (χ4n) is 4.13. The molecule has 1 unspecified atom stereocenters. The van der Waals surface area contributed by atoms with Gasteiger partial charge in [-0.05, 0) is 31.3 Å². The molecule has 1 saturated heterocycles. The van der Waals surface area contributed by atoms with E-state index in [4.69, 9.17) is 0 Å². The summed E-state index contributed by atoms with van der Waals surface area (Å²) in [4.78, 5) is 3.47. The molecule has 0 bridgehead atoms. The molecule has 1 aliphatic heterocycles. The fourth-order valence-corrected chi connectivity index (χ4v) is 4.13. The van der Waals surface area contributed by atoms with Gasteiger partial charge in [0.2, 0.25) is 0 Å². The van der Waals surface area contributed by atoms with Crippen LogP contribution in [0.4, 0.5) is 13.2 Å². The van der Waals surface area contributed by atoms with E-state index in [0.29, 0.717) is 19.6 Å². The van der Waals surface area contributed by atoms with E-state index in [1.807, 2.05) is 18.7 Å². The summed E-state index contributed by atoms with van der Waals surface area (Å²) in [5, 5.41) is 0. The molecule has 5 heteroatoms. The van der Waals surface area contributed by atoms with Crippen molar-refractivity contribution >= 4 is 0 Å². The highest BCUT2D eigenvalue weighted by molar-refractivity contribution is 4.86. The second-order valence-corrected chi connectivity index (χ2v) is 8.25. The van der Waals surface area contributed by atoms with Crippen LogP contribution in [0.15, 0.2) is 0 Å². The van der Waals surface area contributed by atoms with Crippen LogP contribution in [-0.2, 0) is 0 Å². The van der Waals surface area contributed by atoms with Gasteiger partial charge in [-0.25, -0.2) is 0 Å². The van der Waals surface area contributed by atoms with Gasteiger partial charge in [0, 0.05) is 19.6 Å². The summed E-state index contributed by atoms with van der Waals surface area (Å²) in [5.74, 6) is 2.11. The highest BCUT2D eigenvalue weighted by Crippen LogP contribution is 2.31. The van der Waals surface area contributed by atoms with Gasteiger partial charge in [0.15, 0.2) is 0 Å². The molecule has 0 N–H and O–H groups in total. The molecule has 2 aliphatic rings. The predicted molar refractivity (Wildman–Crippen MR) is 104 cm³/mol. The Labute approximate surface area is 159 Å². The molecule has 0 aromatic rings. The third kappa shape index (κ3) is 8.60. The second-order valence-electron chi connectivity index (χ2n) is 8.25. The first-order chi connectivity index (χ1) is 12.3. The Morgan fingerprint density at radius 3 is 2.08 bits per heavy atom. The fraction of sp³-hybridized carbons (Fsp3) is 1.00. The SMILES string of the molecule is CCCC1CCC(C)CC1.CCCCN1CCN(CC)CC1C(F)(F)F. The molecular formula is C21H41F3N2. The van der Waals surface area contributed by atoms with Crippen molar-refractivity contribution in [2.75, 3.05) is 32.7 Å². The topological polar surface area (TPSA) is 6.48 Å². The molecule has 1 saturated carbocycles. The van der Waals surface area contributed by atoms with Gasteiger partial charge < -0.3 is 4.90 Å². The third-order valence-corrected chi connectivity index (χ3v) is 6.03. The Balaban J connectivity index is 0.000000289. The minimum atomic E-state index is -4.10. The van der Waals surface area contributed by atoms with Crippen LogP contribution < -0.4 is 0 Å². The second kappa shape index (κ2) is 12.2. The van der Waals surface area contributed by atoms with E-state index in [0.717, 1.165) is 31.2 Å². The molecule has 1 atom stereocenters. The molecule has 1 aliphatic carbocycles. The number of alkyl halides is 3. The van der Waals surface area contributed by atoms with Crippen molar-refractivity contribution in [1.82, 2.24) is 9.80 Å². The summed E-state index contributed by atoms with van der Waals surface area (Å²) >= 11 is 0. The van der Waals surface area contributed by atoms with Crippen LogP contribution >= 0.6 is 0 Å². The van der Waals surface area contributed by atoms with Crippen molar-refractivity contribution in [3.8, 4) is 0 Å². The maximum Gasteiger partial charge on any atom is 0.405 e. The van der Waals surface area contributed by atoms with Gasteiger partial charge in [0.1, 0.15) is 6.04 Å². The van der Waals surface area contributed by atoms with Gasteiger partial charge >= 0.3 is 6.18 Å². The Morgan fingerprint density at radius 1 is 0.923 bits per heavy atom. The number of halogens is 3. The van der Waals surface area contributed by atoms with E-state index >= 15 is 0 Å². The quantitative estimate of drug-likeness (QED) is 0.562. The van der Waals surface area contributed by atoms with Gasteiger partial charge in [0.25, 0.3) is 0 Å². The zero-order chi connectivity index (χ0) is 19.6. The van der Waals surface area contributed by atoms with Crippen LogP contribution in [-0.4, -0.2) is 54.7 Å². The van der Waals surface area contributed by atoms with Crippen LogP contribution in [0.25, 0.3) is 0 Å². The van der Waals surface area contributed by atoms with Gasteiger partial charge in [-0.15, -0.1) is 0 Å². The molecule has 0 aromatic carbocycles. The van der Waals surface area contributed by atoms with Gasteiger partial charge in [-0.3, -0.25) is 4.90 Å². The Kier molecular flexibility index (Phi) is 11.2. The summed E-state index contributed by atoms with van der Waals surface area (Å²) in [6, 6.07) is -1.27. The summed E-state index contributed by atoms with van der Waals surface area (Å²) in [6.07, 6.45) is 6.56. The highest BCUT2D eigenvalue weighted by atomic mass is 19.4. The zero-order valence-electron chi connectivity index (χ0n) is 17.5. The Morgan fingerprint density at radius 2 is 1.58 bits per heavy atom. The van der Waals surface area contributed by atoms with Crippen molar-refractivity contribution in [2.45, 2.75) is 91.3 Å². The van der Waals surface area contributed by atoms with Crippen molar-refractivity contribution < 1.29 is 13.2 Å². The van der Waals surface area contributed by atoms with Crippen LogP contribution in [0.5, 0.6) is 0 Å². The van der Waals surface area contributed by atoms with Crippen molar-refractivity contribution in [2.24, 2.45) is 11.8 Å². The zero-order valence-corrected chi connectivity index (χ0v) is 17.5. The van der Waals surface area contributed by atoms with E-state index in [1.54, 1.807) is 4.90 Å². The minimum Gasteiger partial charge on any atom is -0.300 e. The number of rotatable bonds is 6. The van der Waals surface area contributed by atoms with Gasteiger partial charge in [-0.1, -0.05) is 72.6 Å². The number of hydrogen-bond acceptors (Lipinski definition) is 2. The average Bonchev–Trinajstić information content (AvgIpc) is 2.62. The standard InChI is InChI=1S/C11H21F3N2.C10H20/c1-3-5-6-16-8-7-15(4-2)9-10(16)11(12,13)14;1-3-4-10-7-5-9(2)6-8-10/h10H,3-9H2,1-2H3;9-10H,3-8H2,1-2H3. The molecule has 0 radical (unpaired) electrons. The normalized spacial score (nSPS) is 28.5. The molecule has 0 spiro atoms. The van der Waals surface area contributed by atoms with E-state index < -0.39 is 12.2 Å². The Hall–Kier alpha value is -0.290. The van der Waals surface area contributed by atoms with Crippen LogP contribution in [0.2, 0.25) is 0 Å². The summed E-state index contributed by atoms with van der Waals surface area (Å²) < 4.78 is 38.6. The summed E-state index contributed by atoms with van der Waals surface area (Å²) in [7, 11) is 0. The smallest absolute Gasteiger partial charge is 0.300 e. The molecule has 2 rings (SSSR count). The average molecular weight is 379 g/mol. The maximum atomic E-state index is 12.9. The molecular weight excluding hydrogens is 337 g/mol. The summed E-state index contributed by atoms with van der Waals surface area (Å²) in [5.41, 5.74) is 0. The maximum absolute atomic E-state index is 12.9. The van der Waals surface area contributed by atoms with Crippen LogP contribution in [0.1, 0.15) is 79.1 Å². The van der Waals surface area contributed by atoms with Gasteiger partial charge in [-0.2, -0.15) is 13.2 Å². The van der Waals surface area contributed by atoms with Crippen molar-refractivity contribution in [3.05, 3.63) is 0 Å². The van der Waals surface area contributed by atoms with E-state index in [2.05, 4.69) is 13.8 Å². The Bertz CT molecular complexity index is 352. The number of unbranched alkanes of at least 4 members (excludes halogenated alkanes) is 1. The molecule has 2 fully saturated rings. The lowest BCUT2D eigenvalue weighted by atomic mass is 9.81. The highest BCUT2D eigenvalue weighted by Gasteiger charge is 2.45. The van der Waals surface area contributed by atoms with E-state index in [1.165, 1.54) is 38.5 Å². The van der Waals surface area contributed by atoms with Gasteiger partial charge in [0.05, 0.1) is 0 Å². The first-order valence-electron chi connectivity index (χ1n) is 10.8. The lowest BCUT2D eigenvalue weighted by Crippen LogP contribution is -2.58. The third-order valence-electron chi connectivity index (χ3n) is 6.03. The first kappa shape index (κ1) is 23.7. The van der Waals surface area contributed by atoms with E-state index in [9.17, 15) is 13.2 Å². The minimum absolute atomic E-state index is 0.129. The number of piperazine rings is 1. The molecule has 0 aromatic heterocycles.